The molecule has 4 heteroatoms. The smallest absolute Gasteiger partial charge is 0.307 e. The molecule has 0 atom stereocenters. The SMILES string of the molecule is Cc1ccc(CCC(=O)Nc2ccccc2CC(=O)O)cc1. The molecule has 0 spiro atoms. The largest absolute Gasteiger partial charge is 0.481 e. The number of aliphatic carboxylic acids is 1. The van der Waals surface area contributed by atoms with Crippen molar-refractivity contribution < 1.29 is 14.7 Å². The van der Waals surface area contributed by atoms with Crippen molar-refractivity contribution in [3.63, 3.8) is 0 Å². The van der Waals surface area contributed by atoms with Crippen molar-refractivity contribution in [3.8, 4) is 0 Å². The Morgan fingerprint density at radius 3 is 2.41 bits per heavy atom. The molecule has 4 nitrogen and oxygen atoms in total. The average molecular weight is 297 g/mol. The Kier molecular flexibility index (Phi) is 5.31. The van der Waals surface area contributed by atoms with Gasteiger partial charge in [0.05, 0.1) is 6.42 Å². The number of benzene rings is 2. The number of rotatable bonds is 6. The molecule has 0 aliphatic carbocycles. The van der Waals surface area contributed by atoms with E-state index in [1.54, 1.807) is 24.3 Å². The van der Waals surface area contributed by atoms with Gasteiger partial charge in [-0.3, -0.25) is 9.59 Å². The first kappa shape index (κ1) is 15.8. The molecule has 0 fully saturated rings. The second-order valence-electron chi connectivity index (χ2n) is 5.26. The molecule has 0 heterocycles. The predicted molar refractivity (Wildman–Crippen MR) is 85.9 cm³/mol. The monoisotopic (exact) mass is 297 g/mol. The zero-order chi connectivity index (χ0) is 15.9. The number of carboxylic acids is 1. The lowest BCUT2D eigenvalue weighted by Crippen LogP contribution is -2.14. The summed E-state index contributed by atoms with van der Waals surface area (Å²) in [7, 11) is 0. The van der Waals surface area contributed by atoms with Gasteiger partial charge in [-0.25, -0.2) is 0 Å². The maximum absolute atomic E-state index is 12.0. The van der Waals surface area contributed by atoms with Crippen molar-refractivity contribution in [2.24, 2.45) is 0 Å². The Morgan fingerprint density at radius 2 is 1.73 bits per heavy atom. The van der Waals surface area contributed by atoms with E-state index in [4.69, 9.17) is 5.11 Å². The summed E-state index contributed by atoms with van der Waals surface area (Å²) in [6.45, 7) is 2.02. The highest BCUT2D eigenvalue weighted by Crippen LogP contribution is 2.16. The molecule has 0 bridgehead atoms. The third-order valence-electron chi connectivity index (χ3n) is 3.39. The molecule has 1 amide bonds. The molecule has 0 radical (unpaired) electrons. The van der Waals surface area contributed by atoms with E-state index in [0.29, 0.717) is 24.1 Å². The van der Waals surface area contributed by atoms with Crippen molar-refractivity contribution in [3.05, 3.63) is 65.2 Å². The van der Waals surface area contributed by atoms with Gasteiger partial charge in [-0.15, -0.1) is 0 Å². The minimum Gasteiger partial charge on any atom is -0.481 e. The first-order valence-electron chi connectivity index (χ1n) is 7.19. The van der Waals surface area contributed by atoms with Crippen LogP contribution in [0.3, 0.4) is 0 Å². The normalized spacial score (nSPS) is 10.2. The number of nitrogens with one attached hydrogen (secondary N) is 1. The molecule has 0 aliphatic heterocycles. The first-order valence-corrected chi connectivity index (χ1v) is 7.19. The summed E-state index contributed by atoms with van der Waals surface area (Å²) >= 11 is 0. The molecule has 0 saturated carbocycles. The summed E-state index contributed by atoms with van der Waals surface area (Å²) in [6.07, 6.45) is 0.923. The van der Waals surface area contributed by atoms with Gasteiger partial charge in [0.25, 0.3) is 0 Å². The lowest BCUT2D eigenvalue weighted by molar-refractivity contribution is -0.136. The predicted octanol–water partition coefficient (Wildman–Crippen LogP) is 3.19. The molecule has 22 heavy (non-hydrogen) atoms. The topological polar surface area (TPSA) is 66.4 Å². The first-order chi connectivity index (χ1) is 10.5. The maximum atomic E-state index is 12.0. The minimum absolute atomic E-state index is 0.103. The van der Waals surface area contributed by atoms with E-state index in [1.807, 2.05) is 31.2 Å². The minimum atomic E-state index is -0.915. The Bertz CT molecular complexity index is 662. The van der Waals surface area contributed by atoms with E-state index in [1.165, 1.54) is 5.56 Å². The van der Waals surface area contributed by atoms with Crippen LogP contribution in [0.2, 0.25) is 0 Å². The summed E-state index contributed by atoms with van der Waals surface area (Å²) in [6, 6.07) is 15.1. The fourth-order valence-electron chi connectivity index (χ4n) is 2.18. The van der Waals surface area contributed by atoms with Crippen LogP contribution in [0.4, 0.5) is 5.69 Å². The molecule has 0 aromatic heterocycles. The molecular formula is C18H19NO3. The molecule has 0 aliphatic rings. The number of carbonyl (C=O) groups is 2. The van der Waals surface area contributed by atoms with Crippen LogP contribution >= 0.6 is 0 Å². The highest BCUT2D eigenvalue weighted by Gasteiger charge is 2.09. The van der Waals surface area contributed by atoms with Gasteiger partial charge in [0.2, 0.25) is 5.91 Å². The summed E-state index contributed by atoms with van der Waals surface area (Å²) in [5.41, 5.74) is 3.48. The van der Waals surface area contributed by atoms with E-state index in [9.17, 15) is 9.59 Å². The van der Waals surface area contributed by atoms with Gasteiger partial charge in [0, 0.05) is 12.1 Å². The van der Waals surface area contributed by atoms with E-state index in [0.717, 1.165) is 5.56 Å². The van der Waals surface area contributed by atoms with Gasteiger partial charge in [0.1, 0.15) is 0 Å². The number of hydrogen-bond donors (Lipinski definition) is 2. The number of hydrogen-bond acceptors (Lipinski definition) is 2. The fraction of sp³-hybridized carbons (Fsp3) is 0.222. The van der Waals surface area contributed by atoms with Gasteiger partial charge in [-0.05, 0) is 30.5 Å². The molecule has 114 valence electrons. The maximum Gasteiger partial charge on any atom is 0.307 e. The van der Waals surface area contributed by atoms with Gasteiger partial charge < -0.3 is 10.4 Å². The van der Waals surface area contributed by atoms with Gasteiger partial charge in [-0.1, -0.05) is 48.0 Å². The van der Waals surface area contributed by atoms with E-state index >= 15 is 0 Å². The lowest BCUT2D eigenvalue weighted by atomic mass is 10.1. The highest BCUT2D eigenvalue weighted by molar-refractivity contribution is 5.92. The summed E-state index contributed by atoms with van der Waals surface area (Å²) < 4.78 is 0. The number of anilines is 1. The van der Waals surface area contributed by atoms with Gasteiger partial charge in [0.15, 0.2) is 0 Å². The molecule has 2 N–H and O–H groups in total. The van der Waals surface area contributed by atoms with Gasteiger partial charge in [-0.2, -0.15) is 0 Å². The molecule has 2 aromatic rings. The average Bonchev–Trinajstić information content (AvgIpc) is 2.48. The van der Waals surface area contributed by atoms with E-state index in [-0.39, 0.29) is 12.3 Å². The van der Waals surface area contributed by atoms with Crippen molar-refractivity contribution in [2.75, 3.05) is 5.32 Å². The van der Waals surface area contributed by atoms with Crippen molar-refractivity contribution >= 4 is 17.6 Å². The van der Waals surface area contributed by atoms with Crippen molar-refractivity contribution in [2.45, 2.75) is 26.2 Å². The Hall–Kier alpha value is -2.62. The third-order valence-corrected chi connectivity index (χ3v) is 3.39. The number of aryl methyl sites for hydroxylation is 2. The van der Waals surface area contributed by atoms with Crippen LogP contribution in [0.25, 0.3) is 0 Å². The van der Waals surface area contributed by atoms with E-state index in [2.05, 4.69) is 5.32 Å². The quantitative estimate of drug-likeness (QED) is 0.860. The summed E-state index contributed by atoms with van der Waals surface area (Å²) in [5.74, 6) is -1.03. The molecule has 0 unspecified atom stereocenters. The molecule has 2 aromatic carbocycles. The van der Waals surface area contributed by atoms with Crippen LogP contribution in [0.15, 0.2) is 48.5 Å². The lowest BCUT2D eigenvalue weighted by Gasteiger charge is -2.09. The molecular weight excluding hydrogens is 278 g/mol. The van der Waals surface area contributed by atoms with Crippen LogP contribution in [-0.4, -0.2) is 17.0 Å². The van der Waals surface area contributed by atoms with Crippen LogP contribution < -0.4 is 5.32 Å². The van der Waals surface area contributed by atoms with Crippen LogP contribution in [0.5, 0.6) is 0 Å². The Balaban J connectivity index is 1.94. The summed E-state index contributed by atoms with van der Waals surface area (Å²) in [5, 5.41) is 11.7. The number of para-hydroxylation sites is 1. The summed E-state index contributed by atoms with van der Waals surface area (Å²) in [4.78, 5) is 22.9. The van der Waals surface area contributed by atoms with E-state index < -0.39 is 5.97 Å². The van der Waals surface area contributed by atoms with Crippen molar-refractivity contribution in [1.29, 1.82) is 0 Å². The standard InChI is InChI=1S/C18H19NO3/c1-13-6-8-14(9-7-13)10-11-17(20)19-16-5-3-2-4-15(16)12-18(21)22/h2-9H,10-12H2,1H3,(H,19,20)(H,21,22). The number of amides is 1. The Labute approximate surface area is 129 Å². The molecule has 2 rings (SSSR count). The zero-order valence-corrected chi connectivity index (χ0v) is 12.5. The van der Waals surface area contributed by atoms with Gasteiger partial charge >= 0.3 is 5.97 Å². The van der Waals surface area contributed by atoms with Crippen LogP contribution in [0, 0.1) is 6.92 Å². The highest BCUT2D eigenvalue weighted by atomic mass is 16.4. The zero-order valence-electron chi connectivity index (χ0n) is 12.5. The fourth-order valence-corrected chi connectivity index (χ4v) is 2.18. The second kappa shape index (κ2) is 7.41. The third kappa shape index (κ3) is 4.74. The van der Waals surface area contributed by atoms with Crippen LogP contribution in [-0.2, 0) is 22.4 Å². The molecule has 0 saturated heterocycles. The van der Waals surface area contributed by atoms with Crippen molar-refractivity contribution in [1.82, 2.24) is 0 Å². The Morgan fingerprint density at radius 1 is 1.05 bits per heavy atom. The second-order valence-corrected chi connectivity index (χ2v) is 5.26. The number of carboxylic acid groups (broad SMARTS) is 1. The van der Waals surface area contributed by atoms with Crippen LogP contribution in [0.1, 0.15) is 23.1 Å². The number of carbonyl (C=O) groups excluding carboxylic acids is 1.